The number of rotatable bonds is 2. The molecule has 0 N–H and O–H groups in total. The van der Waals surface area contributed by atoms with Crippen molar-refractivity contribution < 1.29 is 4.79 Å². The van der Waals surface area contributed by atoms with Gasteiger partial charge in [0.2, 0.25) is 0 Å². The number of carbonyl (C=O) groups is 1. The highest BCUT2D eigenvalue weighted by molar-refractivity contribution is 8.19. The van der Waals surface area contributed by atoms with Gasteiger partial charge in [0.1, 0.15) is 4.08 Å². The Labute approximate surface area is 76.7 Å². The van der Waals surface area contributed by atoms with Crippen LogP contribution in [0.15, 0.2) is 0 Å². The topological polar surface area (TPSA) is 17.1 Å². The van der Waals surface area contributed by atoms with Crippen LogP contribution < -0.4 is 0 Å². The normalized spacial score (nSPS) is 23.1. The van der Waals surface area contributed by atoms with Crippen molar-refractivity contribution in [1.82, 2.24) is 0 Å². The fourth-order valence-electron chi connectivity index (χ4n) is 1.23. The van der Waals surface area contributed by atoms with Crippen LogP contribution in [0.4, 0.5) is 0 Å². The van der Waals surface area contributed by atoms with Crippen LogP contribution in [0.1, 0.15) is 26.7 Å². The van der Waals surface area contributed by atoms with E-state index in [1.54, 1.807) is 6.92 Å². The van der Waals surface area contributed by atoms with Crippen LogP contribution >= 0.6 is 23.5 Å². The summed E-state index contributed by atoms with van der Waals surface area (Å²) in [5.74, 6) is 2.65. The lowest BCUT2D eigenvalue weighted by molar-refractivity contribution is -0.117. The molecule has 0 radical (unpaired) electrons. The number of ketones is 1. The maximum Gasteiger partial charge on any atom is 0.155 e. The maximum atomic E-state index is 11.3. The first-order chi connectivity index (χ1) is 5.21. The van der Waals surface area contributed by atoms with Crippen molar-refractivity contribution in [2.75, 3.05) is 11.5 Å². The van der Waals surface area contributed by atoms with Crippen LogP contribution in [0.25, 0.3) is 0 Å². The number of thioether (sulfide) groups is 2. The van der Waals surface area contributed by atoms with Gasteiger partial charge >= 0.3 is 0 Å². The Balaban J connectivity index is 2.64. The largest absolute Gasteiger partial charge is 0.297 e. The van der Waals surface area contributed by atoms with Crippen LogP contribution in [0, 0.1) is 0 Å². The molecule has 1 saturated heterocycles. The Hall–Kier alpha value is 0.370. The van der Waals surface area contributed by atoms with Crippen LogP contribution in [-0.2, 0) is 4.79 Å². The summed E-state index contributed by atoms with van der Waals surface area (Å²) in [5.41, 5.74) is 0. The molecule has 0 aromatic carbocycles. The molecule has 1 nitrogen and oxygen atoms in total. The van der Waals surface area contributed by atoms with Crippen molar-refractivity contribution in [3.63, 3.8) is 0 Å². The molecule has 1 fully saturated rings. The predicted molar refractivity (Wildman–Crippen MR) is 53.2 cm³/mol. The van der Waals surface area contributed by atoms with Crippen molar-refractivity contribution in [3.05, 3.63) is 0 Å². The van der Waals surface area contributed by atoms with Crippen molar-refractivity contribution in [3.8, 4) is 0 Å². The molecule has 0 atom stereocenters. The molecule has 0 bridgehead atoms. The second-order valence-corrected chi connectivity index (χ2v) is 5.76. The standard InChI is InChI=1S/C8H14OS2/c1-3-8(7(2)9)10-5-4-6-11-8/h3-6H2,1-2H3. The summed E-state index contributed by atoms with van der Waals surface area (Å²) < 4.78 is -0.0851. The Bertz CT molecular complexity index is 150. The average molecular weight is 190 g/mol. The SMILES string of the molecule is CCC1(C(C)=O)SCCCS1. The summed E-state index contributed by atoms with van der Waals surface area (Å²) in [4.78, 5) is 11.3. The summed E-state index contributed by atoms with van der Waals surface area (Å²) >= 11 is 3.66. The molecule has 11 heavy (non-hydrogen) atoms. The van der Waals surface area contributed by atoms with E-state index in [1.165, 1.54) is 6.42 Å². The van der Waals surface area contributed by atoms with Crippen molar-refractivity contribution in [1.29, 1.82) is 0 Å². The van der Waals surface area contributed by atoms with Gasteiger partial charge in [0.05, 0.1) is 0 Å². The lowest BCUT2D eigenvalue weighted by Crippen LogP contribution is -2.32. The molecule has 0 unspecified atom stereocenters. The lowest BCUT2D eigenvalue weighted by atomic mass is 10.2. The third-order valence-corrected chi connectivity index (χ3v) is 5.74. The molecule has 0 aromatic rings. The minimum Gasteiger partial charge on any atom is -0.297 e. The molecule has 1 heterocycles. The van der Waals surface area contributed by atoms with Crippen LogP contribution in [-0.4, -0.2) is 21.4 Å². The molecular formula is C8H14OS2. The van der Waals surface area contributed by atoms with E-state index in [-0.39, 0.29) is 4.08 Å². The van der Waals surface area contributed by atoms with E-state index < -0.39 is 0 Å². The Kier molecular flexibility index (Phi) is 3.31. The van der Waals surface area contributed by atoms with Gasteiger partial charge in [0.15, 0.2) is 5.78 Å². The van der Waals surface area contributed by atoms with E-state index in [2.05, 4.69) is 6.92 Å². The molecule has 3 heteroatoms. The summed E-state index contributed by atoms with van der Waals surface area (Å²) in [6.07, 6.45) is 2.22. The maximum absolute atomic E-state index is 11.3. The minimum atomic E-state index is -0.0851. The van der Waals surface area contributed by atoms with Gasteiger partial charge in [-0.05, 0) is 31.3 Å². The smallest absolute Gasteiger partial charge is 0.155 e. The molecule has 64 valence electrons. The number of Topliss-reactive ketones (excluding diaryl/α,β-unsaturated/α-hetero) is 1. The molecular weight excluding hydrogens is 176 g/mol. The van der Waals surface area contributed by atoms with Gasteiger partial charge in [-0.2, -0.15) is 0 Å². The molecule has 0 saturated carbocycles. The highest BCUT2D eigenvalue weighted by atomic mass is 32.2. The van der Waals surface area contributed by atoms with Crippen molar-refractivity contribution >= 4 is 29.3 Å². The van der Waals surface area contributed by atoms with E-state index in [9.17, 15) is 4.79 Å². The molecule has 0 aliphatic carbocycles. The van der Waals surface area contributed by atoms with Gasteiger partial charge in [-0.25, -0.2) is 0 Å². The molecule has 1 aliphatic heterocycles. The van der Waals surface area contributed by atoms with Gasteiger partial charge < -0.3 is 0 Å². The summed E-state index contributed by atoms with van der Waals surface area (Å²) in [6, 6.07) is 0. The van der Waals surface area contributed by atoms with E-state index in [0.29, 0.717) is 5.78 Å². The molecule has 1 rings (SSSR count). The highest BCUT2D eigenvalue weighted by Gasteiger charge is 2.36. The minimum absolute atomic E-state index is 0.0851. The Morgan fingerprint density at radius 1 is 1.45 bits per heavy atom. The number of hydrogen-bond donors (Lipinski definition) is 0. The third kappa shape index (κ3) is 1.94. The first-order valence-corrected chi connectivity index (χ1v) is 5.97. The van der Waals surface area contributed by atoms with Gasteiger partial charge in [-0.15, -0.1) is 23.5 Å². The zero-order valence-electron chi connectivity index (χ0n) is 7.05. The first kappa shape index (κ1) is 9.46. The fourth-order valence-corrected chi connectivity index (χ4v) is 4.30. The number of carbonyl (C=O) groups excluding carboxylic acids is 1. The Morgan fingerprint density at radius 3 is 2.27 bits per heavy atom. The van der Waals surface area contributed by atoms with E-state index in [4.69, 9.17) is 0 Å². The highest BCUT2D eigenvalue weighted by Crippen LogP contribution is 2.45. The molecule has 1 aliphatic rings. The van der Waals surface area contributed by atoms with Gasteiger partial charge in [0.25, 0.3) is 0 Å². The summed E-state index contributed by atoms with van der Waals surface area (Å²) in [7, 11) is 0. The quantitative estimate of drug-likeness (QED) is 0.666. The van der Waals surface area contributed by atoms with Crippen LogP contribution in [0.3, 0.4) is 0 Å². The number of hydrogen-bond acceptors (Lipinski definition) is 3. The van der Waals surface area contributed by atoms with E-state index >= 15 is 0 Å². The lowest BCUT2D eigenvalue weighted by Gasteiger charge is -2.32. The van der Waals surface area contributed by atoms with Gasteiger partial charge in [0, 0.05) is 0 Å². The van der Waals surface area contributed by atoms with Crippen LogP contribution in [0.5, 0.6) is 0 Å². The summed E-state index contributed by atoms with van der Waals surface area (Å²) in [5, 5.41) is 0. The van der Waals surface area contributed by atoms with Crippen LogP contribution in [0.2, 0.25) is 0 Å². The fraction of sp³-hybridized carbons (Fsp3) is 0.875. The second kappa shape index (κ2) is 3.85. The van der Waals surface area contributed by atoms with Gasteiger partial charge in [-0.3, -0.25) is 4.79 Å². The Morgan fingerprint density at radius 2 is 2.00 bits per heavy atom. The monoisotopic (exact) mass is 190 g/mol. The molecule has 0 spiro atoms. The van der Waals surface area contributed by atoms with Crippen molar-refractivity contribution in [2.24, 2.45) is 0 Å². The van der Waals surface area contributed by atoms with Gasteiger partial charge in [-0.1, -0.05) is 6.92 Å². The first-order valence-electron chi connectivity index (χ1n) is 4.00. The summed E-state index contributed by atoms with van der Waals surface area (Å²) in [6.45, 7) is 3.82. The molecule has 0 amide bonds. The van der Waals surface area contributed by atoms with E-state index in [1.807, 2.05) is 23.5 Å². The molecule has 0 aromatic heterocycles. The average Bonchev–Trinajstić information content (AvgIpc) is 2.05. The van der Waals surface area contributed by atoms with E-state index in [0.717, 1.165) is 17.9 Å². The third-order valence-electron chi connectivity index (χ3n) is 1.96. The van der Waals surface area contributed by atoms with Crippen molar-refractivity contribution in [2.45, 2.75) is 30.8 Å². The zero-order valence-corrected chi connectivity index (χ0v) is 8.69. The second-order valence-electron chi connectivity index (χ2n) is 2.71. The zero-order chi connectivity index (χ0) is 8.32. The predicted octanol–water partition coefficient (Wildman–Crippen LogP) is 2.55.